The number of rotatable bonds is 8. The Labute approximate surface area is 117 Å². The van der Waals surface area contributed by atoms with Crippen molar-refractivity contribution in [1.29, 1.82) is 0 Å². The maximum Gasteiger partial charge on any atom is 0.307 e. The number of hydrogen-bond acceptors (Lipinski definition) is 8. The van der Waals surface area contributed by atoms with Crippen molar-refractivity contribution in [3.63, 3.8) is 0 Å². The summed E-state index contributed by atoms with van der Waals surface area (Å²) in [5, 5.41) is 0. The van der Waals surface area contributed by atoms with Gasteiger partial charge in [0.15, 0.2) is 0 Å². The van der Waals surface area contributed by atoms with Gasteiger partial charge in [0, 0.05) is 26.3 Å². The molecule has 0 fully saturated rings. The molecule has 1 aromatic rings. The Kier molecular flexibility index (Phi) is 6.51. The van der Waals surface area contributed by atoms with Crippen LogP contribution in [0.25, 0.3) is 0 Å². The maximum absolute atomic E-state index is 11.2. The van der Waals surface area contributed by atoms with Crippen molar-refractivity contribution in [3.8, 4) is 5.88 Å². The average Bonchev–Trinajstić information content (AvgIpc) is 2.46. The van der Waals surface area contributed by atoms with E-state index in [0.29, 0.717) is 31.4 Å². The molecule has 0 aliphatic heterocycles. The predicted molar refractivity (Wildman–Crippen MR) is 73.7 cm³/mol. The molecule has 0 amide bonds. The van der Waals surface area contributed by atoms with E-state index in [4.69, 9.17) is 15.2 Å². The Morgan fingerprint density at radius 3 is 2.65 bits per heavy atom. The fourth-order valence-electron chi connectivity index (χ4n) is 1.57. The number of esters is 1. The molecular weight excluding hydrogens is 264 g/mol. The smallest absolute Gasteiger partial charge is 0.307 e. The van der Waals surface area contributed by atoms with E-state index in [2.05, 4.69) is 14.7 Å². The summed E-state index contributed by atoms with van der Waals surface area (Å²) in [4.78, 5) is 21.2. The van der Waals surface area contributed by atoms with E-state index in [9.17, 15) is 4.79 Å². The highest BCUT2D eigenvalue weighted by atomic mass is 16.5. The third kappa shape index (κ3) is 4.88. The molecule has 0 aliphatic carbocycles. The second-order valence-corrected chi connectivity index (χ2v) is 3.93. The predicted octanol–water partition coefficient (Wildman–Crippen LogP) is 0.0833. The van der Waals surface area contributed by atoms with Crippen LogP contribution < -0.4 is 15.4 Å². The molecule has 0 unspecified atom stereocenters. The number of hydrogen-bond donors (Lipinski definition) is 1. The number of nitrogen functional groups attached to an aromatic ring is 1. The van der Waals surface area contributed by atoms with E-state index in [1.165, 1.54) is 14.2 Å². The third-order valence-corrected chi connectivity index (χ3v) is 2.62. The van der Waals surface area contributed by atoms with Gasteiger partial charge in [-0.25, -0.2) is 0 Å². The number of methoxy groups -OCH3 is 3. The van der Waals surface area contributed by atoms with Crippen LogP contribution in [0.1, 0.15) is 6.42 Å². The molecule has 8 nitrogen and oxygen atoms in total. The number of anilines is 2. The topological polar surface area (TPSA) is 99.8 Å². The summed E-state index contributed by atoms with van der Waals surface area (Å²) in [7, 11) is 4.46. The number of aromatic nitrogens is 2. The minimum Gasteiger partial charge on any atom is -0.481 e. The normalized spacial score (nSPS) is 10.2. The van der Waals surface area contributed by atoms with Crippen LogP contribution in [0.15, 0.2) is 6.07 Å². The van der Waals surface area contributed by atoms with Crippen LogP contribution in [0, 0.1) is 0 Å². The van der Waals surface area contributed by atoms with Gasteiger partial charge in [0.2, 0.25) is 11.8 Å². The second-order valence-electron chi connectivity index (χ2n) is 3.93. The van der Waals surface area contributed by atoms with Crippen LogP contribution in [0.5, 0.6) is 5.88 Å². The molecule has 0 bridgehead atoms. The first-order valence-electron chi connectivity index (χ1n) is 6.10. The van der Waals surface area contributed by atoms with Crippen molar-refractivity contribution >= 4 is 17.7 Å². The fraction of sp³-hybridized carbons (Fsp3) is 0.583. The first-order valence-corrected chi connectivity index (χ1v) is 6.10. The fourth-order valence-corrected chi connectivity index (χ4v) is 1.57. The van der Waals surface area contributed by atoms with Gasteiger partial charge in [-0.15, -0.1) is 0 Å². The highest BCUT2D eigenvalue weighted by molar-refractivity contribution is 5.70. The van der Waals surface area contributed by atoms with Crippen molar-refractivity contribution in [2.45, 2.75) is 6.42 Å². The van der Waals surface area contributed by atoms with Crippen LogP contribution >= 0.6 is 0 Å². The molecule has 0 aliphatic rings. The van der Waals surface area contributed by atoms with Crippen LogP contribution in [0.4, 0.5) is 11.8 Å². The first kappa shape index (κ1) is 16.0. The highest BCUT2D eigenvalue weighted by Gasteiger charge is 2.13. The van der Waals surface area contributed by atoms with Gasteiger partial charge in [0.1, 0.15) is 5.82 Å². The molecule has 1 aromatic heterocycles. The molecule has 0 spiro atoms. The zero-order chi connectivity index (χ0) is 15.0. The lowest BCUT2D eigenvalue weighted by Gasteiger charge is -2.23. The largest absolute Gasteiger partial charge is 0.481 e. The van der Waals surface area contributed by atoms with E-state index in [0.717, 1.165) is 0 Å². The zero-order valence-electron chi connectivity index (χ0n) is 12.0. The Morgan fingerprint density at radius 1 is 1.30 bits per heavy atom. The summed E-state index contributed by atoms with van der Waals surface area (Å²) in [5.41, 5.74) is 5.63. The number of nitrogens with zero attached hydrogens (tertiary/aromatic N) is 3. The lowest BCUT2D eigenvalue weighted by atomic mass is 10.3. The quantitative estimate of drug-likeness (QED) is 0.670. The van der Waals surface area contributed by atoms with Gasteiger partial charge in [0.25, 0.3) is 0 Å². The summed E-state index contributed by atoms with van der Waals surface area (Å²) >= 11 is 0. The molecule has 0 aromatic carbocycles. The van der Waals surface area contributed by atoms with Crippen molar-refractivity contribution in [2.75, 3.05) is 51.7 Å². The van der Waals surface area contributed by atoms with Gasteiger partial charge in [-0.1, -0.05) is 0 Å². The summed E-state index contributed by atoms with van der Waals surface area (Å²) < 4.78 is 14.7. The molecule has 1 heterocycles. The second kappa shape index (κ2) is 8.16. The first-order chi connectivity index (χ1) is 9.60. The molecule has 20 heavy (non-hydrogen) atoms. The van der Waals surface area contributed by atoms with Crippen LogP contribution in [-0.4, -0.2) is 57.0 Å². The number of carbonyl (C=O) groups excluding carboxylic acids is 1. The van der Waals surface area contributed by atoms with Crippen molar-refractivity contribution in [2.24, 2.45) is 0 Å². The monoisotopic (exact) mass is 284 g/mol. The minimum atomic E-state index is -0.290. The SMILES string of the molecule is COCCN(CCC(=O)OC)c1cc(OC)nc(N)n1. The molecule has 0 saturated carbocycles. The Hall–Kier alpha value is -2.09. The van der Waals surface area contributed by atoms with E-state index in [-0.39, 0.29) is 18.3 Å². The van der Waals surface area contributed by atoms with Gasteiger partial charge in [-0.2, -0.15) is 9.97 Å². The van der Waals surface area contributed by atoms with E-state index >= 15 is 0 Å². The average molecular weight is 284 g/mol. The van der Waals surface area contributed by atoms with E-state index in [1.54, 1.807) is 13.2 Å². The molecule has 8 heteroatoms. The molecule has 0 saturated heterocycles. The zero-order valence-corrected chi connectivity index (χ0v) is 12.0. The lowest BCUT2D eigenvalue weighted by molar-refractivity contribution is -0.140. The highest BCUT2D eigenvalue weighted by Crippen LogP contribution is 2.18. The molecule has 112 valence electrons. The number of nitrogens with two attached hydrogens (primary N) is 1. The summed E-state index contributed by atoms with van der Waals surface area (Å²) in [5.74, 6) is 0.768. The number of carbonyl (C=O) groups is 1. The molecule has 2 N–H and O–H groups in total. The summed E-state index contributed by atoms with van der Waals surface area (Å²) in [6.07, 6.45) is 0.242. The Morgan fingerprint density at radius 2 is 2.05 bits per heavy atom. The van der Waals surface area contributed by atoms with E-state index in [1.807, 2.05) is 4.90 Å². The van der Waals surface area contributed by atoms with Crippen LogP contribution in [-0.2, 0) is 14.3 Å². The lowest BCUT2D eigenvalue weighted by Crippen LogP contribution is -2.31. The standard InChI is InChI=1S/C12H20N4O4/c1-18-7-6-16(5-4-11(17)20-3)9-8-10(19-2)15-12(13)14-9/h8H,4-7H2,1-3H3,(H2,13,14,15). The van der Waals surface area contributed by atoms with Crippen molar-refractivity contribution in [1.82, 2.24) is 9.97 Å². The van der Waals surface area contributed by atoms with Crippen molar-refractivity contribution < 1.29 is 19.0 Å². The molecule has 0 atom stereocenters. The Bertz CT molecular complexity index is 441. The minimum absolute atomic E-state index is 0.111. The molecular formula is C12H20N4O4. The number of ether oxygens (including phenoxy) is 3. The van der Waals surface area contributed by atoms with Gasteiger partial charge >= 0.3 is 5.97 Å². The van der Waals surface area contributed by atoms with E-state index < -0.39 is 0 Å². The Balaban J connectivity index is 2.85. The van der Waals surface area contributed by atoms with Gasteiger partial charge < -0.3 is 24.8 Å². The van der Waals surface area contributed by atoms with Crippen LogP contribution in [0.2, 0.25) is 0 Å². The van der Waals surface area contributed by atoms with Gasteiger partial charge in [0.05, 0.1) is 27.2 Å². The summed E-state index contributed by atoms with van der Waals surface area (Å²) in [6, 6.07) is 1.66. The molecule has 1 rings (SSSR count). The summed E-state index contributed by atoms with van der Waals surface area (Å²) in [6.45, 7) is 1.50. The van der Waals surface area contributed by atoms with Gasteiger partial charge in [-0.05, 0) is 0 Å². The molecule has 0 radical (unpaired) electrons. The third-order valence-electron chi connectivity index (χ3n) is 2.62. The van der Waals surface area contributed by atoms with Crippen molar-refractivity contribution in [3.05, 3.63) is 6.07 Å². The van der Waals surface area contributed by atoms with Gasteiger partial charge in [-0.3, -0.25) is 4.79 Å². The maximum atomic E-state index is 11.2. The van der Waals surface area contributed by atoms with Crippen LogP contribution in [0.3, 0.4) is 0 Å².